The molecule has 0 fully saturated rings. The zero-order chi connectivity index (χ0) is 48.3. The second-order valence-electron chi connectivity index (χ2n) is 16.0. The van der Waals surface area contributed by atoms with Gasteiger partial charge >= 0.3 is 28.5 Å². The highest BCUT2D eigenvalue weighted by Gasteiger charge is 2.38. The van der Waals surface area contributed by atoms with E-state index in [0.29, 0.717) is 21.9 Å². The van der Waals surface area contributed by atoms with Crippen molar-refractivity contribution in [2.45, 2.75) is 5.41 Å². The molecular formula is C57H40B4O8. The average molecular weight is 896 g/mol. The first kappa shape index (κ1) is 47.4. The number of benzene rings is 8. The molecule has 0 spiro atoms. The van der Waals surface area contributed by atoms with Gasteiger partial charge in [-0.2, -0.15) is 0 Å². The Hall–Kier alpha value is -8.06. The van der Waals surface area contributed by atoms with Gasteiger partial charge in [-0.1, -0.05) is 144 Å². The van der Waals surface area contributed by atoms with E-state index in [1.54, 1.807) is 97.1 Å². The van der Waals surface area contributed by atoms with Gasteiger partial charge in [-0.3, -0.25) is 0 Å². The summed E-state index contributed by atoms with van der Waals surface area (Å²) in [5.41, 5.74) is 10.3. The molecule has 8 nitrogen and oxygen atoms in total. The van der Waals surface area contributed by atoms with Gasteiger partial charge in [0.1, 0.15) is 0 Å². The van der Waals surface area contributed by atoms with Crippen molar-refractivity contribution in [3.05, 3.63) is 261 Å². The lowest BCUT2D eigenvalue weighted by Gasteiger charge is -2.37. The van der Waals surface area contributed by atoms with E-state index in [1.807, 2.05) is 48.5 Å². The van der Waals surface area contributed by atoms with E-state index in [1.165, 1.54) is 0 Å². The van der Waals surface area contributed by atoms with Gasteiger partial charge in [0.2, 0.25) is 0 Å². The highest BCUT2D eigenvalue weighted by Crippen LogP contribution is 2.45. The van der Waals surface area contributed by atoms with Crippen molar-refractivity contribution in [2.75, 3.05) is 0 Å². The standard InChI is InChI=1S/C57H40B4O8/c62-58(63)53-33-17-45(18-34-53)5-1-41-9-25-49(26-10-41)57(50-27-11-42(12-28-50)2-6-46-19-35-54(36-20-46)59(64)65,51-29-13-43(14-30-51)3-7-47-21-37-55(38-22-47)60(66)67)52-31-15-44(16-32-52)4-8-48-23-39-56(40-24-48)61(68)69/h9-40,62-69H. The van der Waals surface area contributed by atoms with Gasteiger partial charge in [-0.05, 0) is 141 Å². The van der Waals surface area contributed by atoms with Gasteiger partial charge in [-0.15, -0.1) is 0 Å². The lowest BCUT2D eigenvalue weighted by molar-refractivity contribution is 0.424. The van der Waals surface area contributed by atoms with E-state index in [4.69, 9.17) is 0 Å². The SMILES string of the molecule is OB(O)c1ccc(C#Cc2ccc(C(c3ccc(C#Cc4ccc(B(O)O)cc4)cc3)(c3ccc(C#Cc4ccc(B(O)O)cc4)cc3)c3ccc(C#Cc4ccc(B(O)O)cc4)cc3)cc2)cc1. The Morgan fingerprint density at radius 3 is 0.464 bits per heavy atom. The first-order valence-electron chi connectivity index (χ1n) is 21.8. The van der Waals surface area contributed by atoms with Crippen LogP contribution in [0.25, 0.3) is 0 Å². The molecule has 8 rings (SSSR count). The van der Waals surface area contributed by atoms with Crippen LogP contribution in [-0.2, 0) is 5.41 Å². The largest absolute Gasteiger partial charge is 0.488 e. The maximum atomic E-state index is 9.53. The molecule has 328 valence electrons. The van der Waals surface area contributed by atoms with Crippen molar-refractivity contribution in [3.63, 3.8) is 0 Å². The Kier molecular flexibility index (Phi) is 14.9. The molecule has 8 N–H and O–H groups in total. The lowest BCUT2D eigenvalue weighted by atomic mass is 9.65. The Bertz CT molecular complexity index is 2840. The Labute approximate surface area is 402 Å². The van der Waals surface area contributed by atoms with Crippen LogP contribution >= 0.6 is 0 Å². The van der Waals surface area contributed by atoms with E-state index < -0.39 is 33.9 Å². The molecule has 0 aliphatic heterocycles. The summed E-state index contributed by atoms with van der Waals surface area (Å²) in [6.45, 7) is 0. The molecule has 8 aromatic rings. The second-order valence-corrected chi connectivity index (χ2v) is 16.0. The first-order chi connectivity index (χ1) is 33.4. The third-order valence-corrected chi connectivity index (χ3v) is 11.5. The van der Waals surface area contributed by atoms with Gasteiger partial charge in [0, 0.05) is 44.5 Å². The number of hydrogen-bond donors (Lipinski definition) is 8. The minimum absolute atomic E-state index is 0.377. The van der Waals surface area contributed by atoms with Crippen LogP contribution < -0.4 is 21.9 Å². The fraction of sp³-hybridized carbons (Fsp3) is 0.0175. The van der Waals surface area contributed by atoms with Gasteiger partial charge in [0.15, 0.2) is 0 Å². The minimum atomic E-state index is -1.56. The van der Waals surface area contributed by atoms with Crippen LogP contribution in [0.3, 0.4) is 0 Å². The van der Waals surface area contributed by atoms with Crippen LogP contribution in [0, 0.1) is 47.4 Å². The van der Waals surface area contributed by atoms with Crippen LogP contribution in [-0.4, -0.2) is 68.7 Å². The van der Waals surface area contributed by atoms with Crippen molar-refractivity contribution in [1.82, 2.24) is 0 Å². The molecule has 0 amide bonds. The van der Waals surface area contributed by atoms with E-state index >= 15 is 0 Å². The van der Waals surface area contributed by atoms with Crippen LogP contribution in [0.5, 0.6) is 0 Å². The quantitative estimate of drug-likeness (QED) is 0.0656. The number of rotatable bonds is 8. The van der Waals surface area contributed by atoms with E-state index in [9.17, 15) is 40.2 Å². The van der Waals surface area contributed by atoms with Crippen molar-refractivity contribution >= 4 is 50.3 Å². The Balaban J connectivity index is 1.24. The van der Waals surface area contributed by atoms with Gasteiger partial charge in [0.05, 0.1) is 5.41 Å². The molecule has 69 heavy (non-hydrogen) atoms. The topological polar surface area (TPSA) is 162 Å². The molecule has 0 saturated heterocycles. The normalized spacial score (nSPS) is 10.4. The van der Waals surface area contributed by atoms with Gasteiger partial charge < -0.3 is 40.2 Å². The maximum absolute atomic E-state index is 9.53. The summed E-state index contributed by atoms with van der Waals surface area (Å²) in [6, 6.07) is 59.3. The zero-order valence-corrected chi connectivity index (χ0v) is 36.9. The summed E-state index contributed by atoms with van der Waals surface area (Å²) in [4.78, 5) is 0. The summed E-state index contributed by atoms with van der Waals surface area (Å²) < 4.78 is 0. The molecule has 0 bridgehead atoms. The molecule has 0 unspecified atom stereocenters. The average Bonchev–Trinajstić information content (AvgIpc) is 3.38. The van der Waals surface area contributed by atoms with Gasteiger partial charge in [0.25, 0.3) is 0 Å². The highest BCUT2D eigenvalue weighted by molar-refractivity contribution is 6.59. The summed E-state index contributed by atoms with van der Waals surface area (Å²) in [6.07, 6.45) is 0. The fourth-order valence-corrected chi connectivity index (χ4v) is 7.75. The van der Waals surface area contributed by atoms with Crippen molar-refractivity contribution in [3.8, 4) is 47.4 Å². The van der Waals surface area contributed by atoms with E-state index in [-0.39, 0.29) is 0 Å². The summed E-state index contributed by atoms with van der Waals surface area (Å²) in [5.74, 6) is 25.7. The minimum Gasteiger partial charge on any atom is -0.423 e. The smallest absolute Gasteiger partial charge is 0.423 e. The third kappa shape index (κ3) is 11.6. The molecule has 0 aliphatic rings. The Morgan fingerprint density at radius 2 is 0.333 bits per heavy atom. The predicted molar refractivity (Wildman–Crippen MR) is 274 cm³/mol. The molecule has 0 aromatic heterocycles. The molecule has 0 radical (unpaired) electrons. The van der Waals surface area contributed by atoms with E-state index in [2.05, 4.69) is 95.9 Å². The summed E-state index contributed by atoms with van der Waals surface area (Å²) in [7, 11) is -6.26. The van der Waals surface area contributed by atoms with Crippen LogP contribution in [0.1, 0.15) is 66.8 Å². The van der Waals surface area contributed by atoms with Crippen LogP contribution in [0.4, 0.5) is 0 Å². The van der Waals surface area contributed by atoms with Crippen LogP contribution in [0.2, 0.25) is 0 Å². The van der Waals surface area contributed by atoms with Crippen LogP contribution in [0.15, 0.2) is 194 Å². The van der Waals surface area contributed by atoms with Crippen molar-refractivity contribution < 1.29 is 40.2 Å². The summed E-state index contributed by atoms with van der Waals surface area (Å²) >= 11 is 0. The Morgan fingerprint density at radius 1 is 0.203 bits per heavy atom. The number of hydrogen-bond acceptors (Lipinski definition) is 8. The molecule has 0 saturated carbocycles. The van der Waals surface area contributed by atoms with E-state index in [0.717, 1.165) is 66.8 Å². The molecule has 8 aromatic carbocycles. The first-order valence-corrected chi connectivity index (χ1v) is 21.8. The lowest BCUT2D eigenvalue weighted by Crippen LogP contribution is -2.31. The second kappa shape index (κ2) is 21.7. The fourth-order valence-electron chi connectivity index (χ4n) is 7.75. The third-order valence-electron chi connectivity index (χ3n) is 11.5. The predicted octanol–water partition coefficient (Wildman–Crippen LogP) is 2.39. The zero-order valence-electron chi connectivity index (χ0n) is 36.9. The molecule has 12 heteroatoms. The molecule has 0 aliphatic carbocycles. The van der Waals surface area contributed by atoms with Crippen molar-refractivity contribution in [1.29, 1.82) is 0 Å². The maximum Gasteiger partial charge on any atom is 0.488 e. The molecule has 0 heterocycles. The van der Waals surface area contributed by atoms with Crippen molar-refractivity contribution in [2.24, 2.45) is 0 Å². The van der Waals surface area contributed by atoms with Gasteiger partial charge in [-0.25, -0.2) is 0 Å². The summed E-state index contributed by atoms with van der Waals surface area (Å²) in [5, 5.41) is 76.2. The molecular weight excluding hydrogens is 856 g/mol. The monoisotopic (exact) mass is 896 g/mol. The molecule has 0 atom stereocenters. The highest BCUT2D eigenvalue weighted by atomic mass is 16.4.